The van der Waals surface area contributed by atoms with Crippen molar-refractivity contribution in [1.29, 1.82) is 5.26 Å². The Balaban J connectivity index is 1.31. The third-order valence-corrected chi connectivity index (χ3v) is 11.5. The maximum atomic E-state index is 15.1. The molecule has 1 saturated heterocycles. The summed E-state index contributed by atoms with van der Waals surface area (Å²) < 4.78 is 18.9. The molecule has 0 unspecified atom stereocenters. The highest BCUT2D eigenvalue weighted by Gasteiger charge is 2.35. The lowest BCUT2D eigenvalue weighted by Crippen LogP contribution is -2.52. The number of nitrogens with zero attached hydrogens (tertiary/aromatic N) is 5. The Morgan fingerprint density at radius 2 is 1.62 bits per heavy atom. The van der Waals surface area contributed by atoms with Gasteiger partial charge in [0.15, 0.2) is 0 Å². The molecule has 3 heterocycles. The number of fused-ring (bicyclic) bond motifs is 1. The lowest BCUT2D eigenvalue weighted by Gasteiger charge is -2.40. The van der Waals surface area contributed by atoms with Crippen LogP contribution in [0.25, 0.3) is 11.3 Å². The van der Waals surface area contributed by atoms with Crippen molar-refractivity contribution in [2.45, 2.75) is 39.4 Å². The van der Waals surface area contributed by atoms with Gasteiger partial charge in [-0.2, -0.15) is 5.26 Å². The van der Waals surface area contributed by atoms with Crippen LogP contribution in [0, 0.1) is 25.2 Å². The second-order valence-electron chi connectivity index (χ2n) is 14.4. The average molecular weight is 772 g/mol. The summed E-state index contributed by atoms with van der Waals surface area (Å²) in [5.74, 6) is 0.673. The second kappa shape index (κ2) is 16.6. The third-order valence-electron chi connectivity index (χ3n) is 11.2. The molecule has 5 aromatic rings. The molecule has 1 aromatic heterocycles. The minimum absolute atomic E-state index is 0.101. The number of anilines is 1. The smallest absolute Gasteiger partial charge is 0.260 e. The lowest BCUT2D eigenvalue weighted by molar-refractivity contribution is 0.0193. The van der Waals surface area contributed by atoms with Gasteiger partial charge in [-0.3, -0.25) is 14.5 Å². The molecule has 0 spiro atoms. The van der Waals surface area contributed by atoms with Gasteiger partial charge < -0.3 is 28.6 Å². The van der Waals surface area contributed by atoms with E-state index in [-0.39, 0.29) is 30.0 Å². The van der Waals surface area contributed by atoms with Crippen molar-refractivity contribution in [3.05, 3.63) is 135 Å². The molecule has 2 aliphatic heterocycles. The monoisotopic (exact) mass is 771 g/mol. The topological polar surface area (TPSA) is 100 Å². The van der Waals surface area contributed by atoms with E-state index in [0.717, 1.165) is 35.5 Å². The predicted molar refractivity (Wildman–Crippen MR) is 218 cm³/mol. The fourth-order valence-electron chi connectivity index (χ4n) is 7.89. The normalized spacial score (nSPS) is 15.5. The van der Waals surface area contributed by atoms with E-state index in [1.54, 1.807) is 36.3 Å². The van der Waals surface area contributed by atoms with E-state index >= 15 is 4.79 Å². The van der Waals surface area contributed by atoms with Crippen molar-refractivity contribution >= 4 is 29.1 Å². The number of nitriles is 1. The summed E-state index contributed by atoms with van der Waals surface area (Å²) in [4.78, 5) is 36.0. The zero-order valence-electron chi connectivity index (χ0n) is 32.5. The SMILES string of the molecule is COc1cc(-c2cc(C(=O)N(Cc3cccc(OC)c3C)c3ccc(Cl)cc3)c(C)n2C)c(C(=O)N2Cc3ccccc3C[C@H]2CN2CCOCC2)cc1C#N. The molecule has 7 rings (SSSR count). The summed E-state index contributed by atoms with van der Waals surface area (Å²) in [6, 6.07) is 28.7. The summed E-state index contributed by atoms with van der Waals surface area (Å²) in [7, 11) is 5.03. The van der Waals surface area contributed by atoms with Gasteiger partial charge in [0, 0.05) is 66.9 Å². The van der Waals surface area contributed by atoms with Gasteiger partial charge in [-0.15, -0.1) is 0 Å². The molecule has 0 bridgehead atoms. The molecule has 1 atom stereocenters. The number of carbonyl (C=O) groups is 2. The lowest BCUT2D eigenvalue weighted by atomic mass is 9.91. The molecule has 56 heavy (non-hydrogen) atoms. The predicted octanol–water partition coefficient (Wildman–Crippen LogP) is 7.60. The molecule has 0 N–H and O–H groups in total. The Morgan fingerprint density at radius 3 is 2.32 bits per heavy atom. The van der Waals surface area contributed by atoms with Crippen molar-refractivity contribution in [3.8, 4) is 28.8 Å². The molecule has 1 fully saturated rings. The quantitative estimate of drug-likeness (QED) is 0.144. The number of benzene rings is 4. The van der Waals surface area contributed by atoms with Crippen LogP contribution in [0.15, 0.2) is 84.9 Å². The van der Waals surface area contributed by atoms with Crippen molar-refractivity contribution in [3.63, 3.8) is 0 Å². The summed E-state index contributed by atoms with van der Waals surface area (Å²) in [6.45, 7) is 8.23. The van der Waals surface area contributed by atoms with Crippen LogP contribution in [-0.2, 0) is 31.3 Å². The van der Waals surface area contributed by atoms with Crippen molar-refractivity contribution in [2.75, 3.05) is 52.0 Å². The van der Waals surface area contributed by atoms with Crippen LogP contribution in [0.4, 0.5) is 5.69 Å². The van der Waals surface area contributed by atoms with Crippen molar-refractivity contribution in [1.82, 2.24) is 14.4 Å². The van der Waals surface area contributed by atoms with Gasteiger partial charge in [0.2, 0.25) is 0 Å². The Kier molecular flexibility index (Phi) is 11.5. The first kappa shape index (κ1) is 38.7. The number of hydrogen-bond acceptors (Lipinski definition) is 7. The van der Waals surface area contributed by atoms with Gasteiger partial charge >= 0.3 is 0 Å². The Hall–Kier alpha value is -5.60. The number of rotatable bonds is 10. The zero-order valence-corrected chi connectivity index (χ0v) is 33.2. The maximum Gasteiger partial charge on any atom is 0.260 e. The van der Waals surface area contributed by atoms with E-state index in [1.165, 1.54) is 12.7 Å². The molecule has 0 radical (unpaired) electrons. The van der Waals surface area contributed by atoms with Gasteiger partial charge in [0.25, 0.3) is 11.8 Å². The first-order valence-electron chi connectivity index (χ1n) is 18.8. The number of morpholine rings is 1. The molecular weight excluding hydrogens is 726 g/mol. The molecule has 2 aliphatic rings. The van der Waals surface area contributed by atoms with E-state index < -0.39 is 0 Å². The summed E-state index contributed by atoms with van der Waals surface area (Å²) in [5.41, 5.74) is 7.91. The first-order valence-corrected chi connectivity index (χ1v) is 19.2. The second-order valence-corrected chi connectivity index (χ2v) is 14.8. The Labute approximate surface area is 333 Å². The van der Waals surface area contributed by atoms with E-state index in [1.807, 2.05) is 78.9 Å². The number of hydrogen-bond donors (Lipinski definition) is 0. The number of amides is 2. The van der Waals surface area contributed by atoms with Crippen LogP contribution in [0.5, 0.6) is 11.5 Å². The average Bonchev–Trinajstić information content (AvgIpc) is 3.52. The Morgan fingerprint density at radius 1 is 0.911 bits per heavy atom. The summed E-state index contributed by atoms with van der Waals surface area (Å²) in [6.07, 6.45) is 0.713. The molecule has 2 amide bonds. The van der Waals surface area contributed by atoms with Crippen molar-refractivity contribution in [2.24, 2.45) is 7.05 Å². The van der Waals surface area contributed by atoms with Crippen LogP contribution in [0.1, 0.15) is 54.2 Å². The molecule has 0 saturated carbocycles. The standard InChI is InChI=1S/C45H46ClN5O5/c1-29-32(11-8-12-42(29)54-4)26-50(36-15-13-35(46)14-16-36)44(52)38-23-41(48(3)30(38)2)39-24-43(55-5)34(25-47)22-40(39)45(53)51-27-33-10-7-6-9-31(33)21-37(51)28-49-17-19-56-20-18-49/h6-16,22-24,37H,17-21,26-28H2,1-5H3/t37-/m0/s1. The minimum atomic E-state index is -0.222. The van der Waals surface area contributed by atoms with Crippen LogP contribution < -0.4 is 14.4 Å². The highest BCUT2D eigenvalue weighted by molar-refractivity contribution is 6.30. The summed E-state index contributed by atoms with van der Waals surface area (Å²) in [5, 5.41) is 10.8. The van der Waals surface area contributed by atoms with Gasteiger partial charge in [0.1, 0.15) is 17.6 Å². The molecule has 288 valence electrons. The van der Waals surface area contributed by atoms with E-state index in [9.17, 15) is 10.1 Å². The Bertz CT molecular complexity index is 2310. The van der Waals surface area contributed by atoms with Crippen molar-refractivity contribution < 1.29 is 23.8 Å². The molecule has 11 heteroatoms. The highest BCUT2D eigenvalue weighted by Crippen LogP contribution is 2.37. The highest BCUT2D eigenvalue weighted by atomic mass is 35.5. The number of aromatic nitrogens is 1. The molecule has 10 nitrogen and oxygen atoms in total. The number of methoxy groups -OCH3 is 2. The van der Waals surface area contributed by atoms with Gasteiger partial charge in [-0.05, 0) is 91.1 Å². The minimum Gasteiger partial charge on any atom is -0.496 e. The number of ether oxygens (including phenoxy) is 3. The van der Waals surface area contributed by atoms with E-state index in [4.69, 9.17) is 25.8 Å². The van der Waals surface area contributed by atoms with Crippen LogP contribution in [-0.4, -0.2) is 79.3 Å². The summed E-state index contributed by atoms with van der Waals surface area (Å²) >= 11 is 6.29. The number of halogens is 1. The fraction of sp³-hybridized carbons (Fsp3) is 0.311. The van der Waals surface area contributed by atoms with Crippen LogP contribution in [0.2, 0.25) is 5.02 Å². The molecule has 4 aromatic carbocycles. The molecule has 0 aliphatic carbocycles. The first-order chi connectivity index (χ1) is 27.1. The largest absolute Gasteiger partial charge is 0.496 e. The van der Waals surface area contributed by atoms with Crippen LogP contribution >= 0.6 is 11.6 Å². The van der Waals surface area contributed by atoms with Gasteiger partial charge in [-0.25, -0.2) is 0 Å². The van der Waals surface area contributed by atoms with Gasteiger partial charge in [0.05, 0.1) is 50.7 Å². The van der Waals surface area contributed by atoms with Gasteiger partial charge in [-0.1, -0.05) is 48.0 Å². The number of carbonyl (C=O) groups excluding carboxylic acids is 2. The van der Waals surface area contributed by atoms with Crippen LogP contribution in [0.3, 0.4) is 0 Å². The van der Waals surface area contributed by atoms with E-state index in [0.29, 0.717) is 77.3 Å². The maximum absolute atomic E-state index is 15.1. The zero-order chi connectivity index (χ0) is 39.5. The fourth-order valence-corrected chi connectivity index (χ4v) is 8.02. The van der Waals surface area contributed by atoms with E-state index in [2.05, 4.69) is 23.1 Å². The third kappa shape index (κ3) is 7.63. The molecular formula is C45H46ClN5O5.